The van der Waals surface area contributed by atoms with Crippen molar-refractivity contribution in [2.75, 3.05) is 0 Å². The molecular formula is C15H14BrClFN. The highest BCUT2D eigenvalue weighted by atomic mass is 79.9. The fourth-order valence-corrected chi connectivity index (χ4v) is 2.85. The van der Waals surface area contributed by atoms with E-state index in [4.69, 9.17) is 17.3 Å². The van der Waals surface area contributed by atoms with Crippen molar-refractivity contribution >= 4 is 27.5 Å². The molecule has 1 unspecified atom stereocenters. The van der Waals surface area contributed by atoms with Crippen LogP contribution in [0.5, 0.6) is 0 Å². The molecule has 0 bridgehead atoms. The molecule has 0 aliphatic rings. The lowest BCUT2D eigenvalue weighted by molar-refractivity contribution is 0.593. The summed E-state index contributed by atoms with van der Waals surface area (Å²) in [6, 6.07) is 10.3. The van der Waals surface area contributed by atoms with Crippen LogP contribution in [-0.4, -0.2) is 0 Å². The van der Waals surface area contributed by atoms with Gasteiger partial charge in [-0.1, -0.05) is 33.6 Å². The lowest BCUT2D eigenvalue weighted by atomic mass is 9.98. The van der Waals surface area contributed by atoms with Gasteiger partial charge in [0.2, 0.25) is 0 Å². The van der Waals surface area contributed by atoms with Crippen LogP contribution < -0.4 is 5.73 Å². The maximum atomic E-state index is 13.7. The van der Waals surface area contributed by atoms with E-state index < -0.39 is 0 Å². The molecule has 0 saturated heterocycles. The number of aryl methyl sites for hydroxylation is 1. The molecule has 0 fully saturated rings. The van der Waals surface area contributed by atoms with Gasteiger partial charge in [-0.15, -0.1) is 0 Å². The van der Waals surface area contributed by atoms with E-state index in [0.717, 1.165) is 15.6 Å². The number of nitrogens with two attached hydrogens (primary N) is 1. The molecule has 2 rings (SSSR count). The second kappa shape index (κ2) is 6.04. The topological polar surface area (TPSA) is 26.0 Å². The Balaban J connectivity index is 2.25. The van der Waals surface area contributed by atoms with Gasteiger partial charge in [0.25, 0.3) is 0 Å². The van der Waals surface area contributed by atoms with Gasteiger partial charge in [0.05, 0.1) is 0 Å². The first-order valence-electron chi connectivity index (χ1n) is 5.92. The van der Waals surface area contributed by atoms with Crippen LogP contribution in [-0.2, 0) is 6.42 Å². The van der Waals surface area contributed by atoms with Crippen molar-refractivity contribution in [2.24, 2.45) is 5.73 Å². The molecule has 0 heterocycles. The van der Waals surface area contributed by atoms with Crippen molar-refractivity contribution in [1.82, 2.24) is 0 Å². The van der Waals surface area contributed by atoms with Gasteiger partial charge in [-0.3, -0.25) is 0 Å². The van der Waals surface area contributed by atoms with Crippen LogP contribution >= 0.6 is 27.5 Å². The van der Waals surface area contributed by atoms with Crippen molar-refractivity contribution in [2.45, 2.75) is 19.4 Å². The van der Waals surface area contributed by atoms with Crippen molar-refractivity contribution in [3.63, 3.8) is 0 Å². The average Bonchev–Trinajstić information content (AvgIpc) is 2.32. The minimum atomic E-state index is -0.272. The number of halogens is 3. The lowest BCUT2D eigenvalue weighted by Gasteiger charge is -2.14. The zero-order chi connectivity index (χ0) is 14.0. The third kappa shape index (κ3) is 3.78. The van der Waals surface area contributed by atoms with Crippen LogP contribution in [0.4, 0.5) is 4.39 Å². The van der Waals surface area contributed by atoms with E-state index in [9.17, 15) is 4.39 Å². The summed E-state index contributed by atoms with van der Waals surface area (Å²) in [5, 5.41) is 0.522. The van der Waals surface area contributed by atoms with Crippen LogP contribution in [0.2, 0.25) is 5.02 Å². The third-order valence-electron chi connectivity index (χ3n) is 2.94. The molecule has 0 aliphatic carbocycles. The van der Waals surface area contributed by atoms with Gasteiger partial charge in [-0.2, -0.15) is 0 Å². The van der Waals surface area contributed by atoms with Crippen LogP contribution in [0.15, 0.2) is 40.9 Å². The SMILES string of the molecule is Cc1cc(Br)cc(C(N)Cc2cc(Cl)ccc2F)c1. The summed E-state index contributed by atoms with van der Waals surface area (Å²) in [6.07, 6.45) is 0.419. The van der Waals surface area contributed by atoms with E-state index in [1.54, 1.807) is 6.07 Å². The fraction of sp³-hybridized carbons (Fsp3) is 0.200. The normalized spacial score (nSPS) is 12.5. The predicted molar refractivity (Wildman–Crippen MR) is 80.9 cm³/mol. The zero-order valence-corrected chi connectivity index (χ0v) is 12.8. The van der Waals surface area contributed by atoms with Crippen molar-refractivity contribution in [1.29, 1.82) is 0 Å². The average molecular weight is 343 g/mol. The quantitative estimate of drug-likeness (QED) is 0.852. The number of hydrogen-bond donors (Lipinski definition) is 1. The molecule has 19 heavy (non-hydrogen) atoms. The molecule has 0 aromatic heterocycles. The molecule has 2 N–H and O–H groups in total. The van der Waals surface area contributed by atoms with E-state index in [1.165, 1.54) is 12.1 Å². The van der Waals surface area contributed by atoms with Crippen molar-refractivity contribution in [3.8, 4) is 0 Å². The summed E-state index contributed by atoms with van der Waals surface area (Å²) in [5.41, 5.74) is 8.79. The molecule has 2 aromatic rings. The molecule has 4 heteroatoms. The summed E-state index contributed by atoms with van der Waals surface area (Å²) in [4.78, 5) is 0. The molecule has 0 aliphatic heterocycles. The number of benzene rings is 2. The summed E-state index contributed by atoms with van der Waals surface area (Å²) in [5.74, 6) is -0.272. The van der Waals surface area contributed by atoms with E-state index in [0.29, 0.717) is 17.0 Å². The molecule has 1 nitrogen and oxygen atoms in total. The Morgan fingerprint density at radius 2 is 2.00 bits per heavy atom. The Kier molecular flexibility index (Phi) is 4.61. The van der Waals surface area contributed by atoms with Gasteiger partial charge < -0.3 is 5.73 Å². The molecule has 1 atom stereocenters. The fourth-order valence-electron chi connectivity index (χ4n) is 2.03. The van der Waals surface area contributed by atoms with Gasteiger partial charge in [0, 0.05) is 15.5 Å². The van der Waals surface area contributed by atoms with Crippen molar-refractivity contribution < 1.29 is 4.39 Å². The first kappa shape index (κ1) is 14.5. The molecule has 100 valence electrons. The lowest BCUT2D eigenvalue weighted by Crippen LogP contribution is -2.14. The van der Waals surface area contributed by atoms with Gasteiger partial charge in [-0.05, 0) is 60.4 Å². The second-order valence-corrected chi connectivity index (χ2v) is 5.96. The summed E-state index contributed by atoms with van der Waals surface area (Å²) < 4.78 is 14.7. The minimum absolute atomic E-state index is 0.260. The molecule has 0 spiro atoms. The van der Waals surface area contributed by atoms with Gasteiger partial charge >= 0.3 is 0 Å². The monoisotopic (exact) mass is 341 g/mol. The first-order valence-corrected chi connectivity index (χ1v) is 7.09. The molecule has 2 aromatic carbocycles. The van der Waals surface area contributed by atoms with E-state index in [1.807, 2.05) is 25.1 Å². The van der Waals surface area contributed by atoms with Gasteiger partial charge in [-0.25, -0.2) is 4.39 Å². The second-order valence-electron chi connectivity index (χ2n) is 4.61. The Morgan fingerprint density at radius 3 is 2.68 bits per heavy atom. The summed E-state index contributed by atoms with van der Waals surface area (Å²) >= 11 is 9.32. The largest absolute Gasteiger partial charge is 0.324 e. The minimum Gasteiger partial charge on any atom is -0.324 e. The van der Waals surface area contributed by atoms with Crippen LogP contribution in [0.25, 0.3) is 0 Å². The molecular weight excluding hydrogens is 329 g/mol. The van der Waals surface area contributed by atoms with Crippen LogP contribution in [0, 0.1) is 12.7 Å². The Labute approximate surface area is 125 Å². The summed E-state index contributed by atoms with van der Waals surface area (Å²) in [7, 11) is 0. The smallest absolute Gasteiger partial charge is 0.126 e. The standard InChI is InChI=1S/C15H14BrClFN/c1-9-4-11(6-12(16)5-9)15(19)8-10-7-13(17)2-3-14(10)18/h2-7,15H,8,19H2,1H3. The Hall–Kier alpha value is -0.900. The molecule has 0 radical (unpaired) electrons. The third-order valence-corrected chi connectivity index (χ3v) is 3.63. The van der Waals surface area contributed by atoms with Gasteiger partial charge in [0.1, 0.15) is 5.82 Å². The summed E-state index contributed by atoms with van der Waals surface area (Å²) in [6.45, 7) is 2.00. The van der Waals surface area contributed by atoms with E-state index >= 15 is 0 Å². The van der Waals surface area contributed by atoms with E-state index in [-0.39, 0.29) is 11.9 Å². The molecule has 0 amide bonds. The predicted octanol–water partition coefficient (Wildman–Crippen LogP) is 4.79. The van der Waals surface area contributed by atoms with Crippen LogP contribution in [0.1, 0.15) is 22.7 Å². The molecule has 0 saturated carbocycles. The Bertz CT molecular complexity index is 580. The highest BCUT2D eigenvalue weighted by molar-refractivity contribution is 9.10. The highest BCUT2D eigenvalue weighted by Gasteiger charge is 2.12. The highest BCUT2D eigenvalue weighted by Crippen LogP contribution is 2.24. The maximum Gasteiger partial charge on any atom is 0.126 e. The number of hydrogen-bond acceptors (Lipinski definition) is 1. The van der Waals surface area contributed by atoms with Crippen molar-refractivity contribution in [3.05, 3.63) is 68.4 Å². The Morgan fingerprint density at radius 1 is 1.26 bits per heavy atom. The first-order chi connectivity index (χ1) is 8.95. The van der Waals surface area contributed by atoms with Crippen LogP contribution in [0.3, 0.4) is 0 Å². The maximum absolute atomic E-state index is 13.7. The zero-order valence-electron chi connectivity index (χ0n) is 10.5. The van der Waals surface area contributed by atoms with Gasteiger partial charge in [0.15, 0.2) is 0 Å². The number of rotatable bonds is 3. The van der Waals surface area contributed by atoms with E-state index in [2.05, 4.69) is 15.9 Å².